The number of nitrogens with two attached hydrogens (primary N) is 1. The van der Waals surface area contributed by atoms with Crippen LogP contribution in [0.4, 0.5) is 4.79 Å². The SMILES string of the molecule is CC(C)(C)OC(N)=O.O=C(O)CCc1ccccc1. The second-order valence-electron chi connectivity index (χ2n) is 4.91. The maximum absolute atomic E-state index is 10.2. The summed E-state index contributed by atoms with van der Waals surface area (Å²) in [7, 11) is 0. The van der Waals surface area contributed by atoms with Crippen LogP contribution in [-0.4, -0.2) is 22.8 Å². The number of ether oxygens (including phenoxy) is 1. The molecule has 0 atom stereocenters. The number of aryl methyl sites for hydroxylation is 1. The molecule has 0 aliphatic carbocycles. The minimum absolute atomic E-state index is 0.212. The molecule has 1 aromatic carbocycles. The molecule has 0 saturated carbocycles. The van der Waals surface area contributed by atoms with Crippen LogP contribution in [0.2, 0.25) is 0 Å². The molecule has 5 heteroatoms. The van der Waals surface area contributed by atoms with Crippen LogP contribution in [0.5, 0.6) is 0 Å². The molecule has 19 heavy (non-hydrogen) atoms. The monoisotopic (exact) mass is 267 g/mol. The lowest BCUT2D eigenvalue weighted by Crippen LogP contribution is -2.27. The number of carbonyl (C=O) groups is 2. The normalized spacial score (nSPS) is 10.1. The van der Waals surface area contributed by atoms with Gasteiger partial charge in [-0.15, -0.1) is 0 Å². The first kappa shape index (κ1) is 17.0. The van der Waals surface area contributed by atoms with E-state index in [9.17, 15) is 9.59 Å². The van der Waals surface area contributed by atoms with E-state index < -0.39 is 17.7 Å². The summed E-state index contributed by atoms with van der Waals surface area (Å²) in [5.41, 5.74) is 5.34. The molecule has 0 aromatic heterocycles. The number of aliphatic carboxylic acids is 1. The highest BCUT2D eigenvalue weighted by molar-refractivity contribution is 5.67. The molecule has 0 saturated heterocycles. The van der Waals surface area contributed by atoms with E-state index in [0.717, 1.165) is 5.56 Å². The average molecular weight is 267 g/mol. The quantitative estimate of drug-likeness (QED) is 0.880. The number of benzene rings is 1. The Balaban J connectivity index is 0.000000362. The first-order chi connectivity index (χ1) is 8.70. The second kappa shape index (κ2) is 8.13. The molecule has 0 aliphatic heterocycles. The van der Waals surface area contributed by atoms with Gasteiger partial charge in [-0.05, 0) is 32.8 Å². The Morgan fingerprint density at radius 1 is 1.21 bits per heavy atom. The Labute approximate surface area is 113 Å². The van der Waals surface area contributed by atoms with Crippen molar-refractivity contribution >= 4 is 12.1 Å². The third kappa shape index (κ3) is 12.2. The van der Waals surface area contributed by atoms with E-state index in [0.29, 0.717) is 6.42 Å². The molecule has 0 radical (unpaired) electrons. The fourth-order valence-corrected chi connectivity index (χ4v) is 1.20. The third-order valence-electron chi connectivity index (χ3n) is 1.88. The van der Waals surface area contributed by atoms with E-state index in [1.165, 1.54) is 0 Å². The van der Waals surface area contributed by atoms with Gasteiger partial charge < -0.3 is 15.6 Å². The van der Waals surface area contributed by atoms with E-state index in [2.05, 4.69) is 4.74 Å². The third-order valence-corrected chi connectivity index (χ3v) is 1.88. The molecule has 0 aliphatic rings. The van der Waals surface area contributed by atoms with Gasteiger partial charge in [0.1, 0.15) is 5.60 Å². The van der Waals surface area contributed by atoms with Gasteiger partial charge in [0.15, 0.2) is 0 Å². The van der Waals surface area contributed by atoms with Crippen LogP contribution < -0.4 is 5.73 Å². The number of hydrogen-bond acceptors (Lipinski definition) is 3. The minimum Gasteiger partial charge on any atom is -0.481 e. The van der Waals surface area contributed by atoms with Gasteiger partial charge in [0.25, 0.3) is 0 Å². The predicted octanol–water partition coefficient (Wildman–Crippen LogP) is 2.58. The largest absolute Gasteiger partial charge is 0.481 e. The predicted molar refractivity (Wildman–Crippen MR) is 72.8 cm³/mol. The van der Waals surface area contributed by atoms with Crippen molar-refractivity contribution in [2.24, 2.45) is 5.73 Å². The topological polar surface area (TPSA) is 89.6 Å². The molecule has 0 heterocycles. The van der Waals surface area contributed by atoms with Crippen LogP contribution in [0, 0.1) is 0 Å². The molecule has 3 N–H and O–H groups in total. The summed E-state index contributed by atoms with van der Waals surface area (Å²) < 4.78 is 4.58. The summed E-state index contributed by atoms with van der Waals surface area (Å²) in [4.78, 5) is 20.2. The van der Waals surface area contributed by atoms with Crippen LogP contribution in [0.15, 0.2) is 30.3 Å². The number of hydrogen-bond donors (Lipinski definition) is 2. The molecule has 0 bridgehead atoms. The molecular formula is C14H21NO4. The van der Waals surface area contributed by atoms with Gasteiger partial charge in [-0.3, -0.25) is 4.79 Å². The summed E-state index contributed by atoms with van der Waals surface area (Å²) in [6.45, 7) is 5.28. The van der Waals surface area contributed by atoms with Gasteiger partial charge in [0.2, 0.25) is 0 Å². The summed E-state index contributed by atoms with van der Waals surface area (Å²) in [6, 6.07) is 9.62. The van der Waals surface area contributed by atoms with Crippen molar-refractivity contribution in [3.8, 4) is 0 Å². The van der Waals surface area contributed by atoms with Gasteiger partial charge in [-0.25, -0.2) is 4.79 Å². The van der Waals surface area contributed by atoms with Crippen molar-refractivity contribution in [2.75, 3.05) is 0 Å². The average Bonchev–Trinajstić information content (AvgIpc) is 2.25. The number of carboxylic acid groups (broad SMARTS) is 1. The minimum atomic E-state index is -0.742. The number of carbonyl (C=O) groups excluding carboxylic acids is 1. The highest BCUT2D eigenvalue weighted by Crippen LogP contribution is 2.04. The molecule has 1 amide bonds. The van der Waals surface area contributed by atoms with Crippen molar-refractivity contribution in [1.29, 1.82) is 0 Å². The number of amides is 1. The van der Waals surface area contributed by atoms with Crippen LogP contribution in [0.1, 0.15) is 32.8 Å². The molecule has 0 spiro atoms. The van der Waals surface area contributed by atoms with Crippen molar-refractivity contribution in [1.82, 2.24) is 0 Å². The second-order valence-corrected chi connectivity index (χ2v) is 4.91. The van der Waals surface area contributed by atoms with Gasteiger partial charge >= 0.3 is 12.1 Å². The zero-order valence-electron chi connectivity index (χ0n) is 11.6. The van der Waals surface area contributed by atoms with Gasteiger partial charge in [-0.1, -0.05) is 30.3 Å². The maximum atomic E-state index is 10.2. The van der Waals surface area contributed by atoms with Crippen LogP contribution >= 0.6 is 0 Å². The van der Waals surface area contributed by atoms with Gasteiger partial charge in [0, 0.05) is 6.42 Å². The molecule has 1 aromatic rings. The Hall–Kier alpha value is -2.04. The lowest BCUT2D eigenvalue weighted by Gasteiger charge is -2.16. The fraction of sp³-hybridized carbons (Fsp3) is 0.429. The highest BCUT2D eigenvalue weighted by atomic mass is 16.6. The summed E-state index contributed by atoms with van der Waals surface area (Å²) >= 11 is 0. The Bertz CT molecular complexity index is 396. The van der Waals surface area contributed by atoms with E-state index in [-0.39, 0.29) is 6.42 Å². The van der Waals surface area contributed by atoms with Gasteiger partial charge in [0.05, 0.1) is 0 Å². The lowest BCUT2D eigenvalue weighted by atomic mass is 10.1. The Kier molecular flexibility index (Phi) is 7.26. The summed E-state index contributed by atoms with van der Waals surface area (Å²) in [6.07, 6.45) is 0.109. The molecule has 0 unspecified atom stereocenters. The Morgan fingerprint density at radius 3 is 2.05 bits per heavy atom. The van der Waals surface area contributed by atoms with E-state index in [4.69, 9.17) is 10.8 Å². The smallest absolute Gasteiger partial charge is 0.405 e. The zero-order valence-corrected chi connectivity index (χ0v) is 11.6. The molecule has 1 rings (SSSR count). The lowest BCUT2D eigenvalue weighted by molar-refractivity contribution is -0.136. The number of carboxylic acids is 1. The molecule has 106 valence electrons. The van der Waals surface area contributed by atoms with E-state index in [1.54, 1.807) is 20.8 Å². The maximum Gasteiger partial charge on any atom is 0.405 e. The van der Waals surface area contributed by atoms with Crippen LogP contribution in [0.3, 0.4) is 0 Å². The van der Waals surface area contributed by atoms with E-state index in [1.807, 2.05) is 30.3 Å². The molecular weight excluding hydrogens is 246 g/mol. The molecule has 0 fully saturated rings. The van der Waals surface area contributed by atoms with Crippen molar-refractivity contribution in [2.45, 2.75) is 39.2 Å². The van der Waals surface area contributed by atoms with E-state index >= 15 is 0 Å². The summed E-state index contributed by atoms with van der Waals surface area (Å²) in [5, 5.41) is 8.37. The number of rotatable bonds is 3. The standard InChI is InChI=1S/C9H10O2.C5H11NO2/c10-9(11)7-6-8-4-2-1-3-5-8;1-5(2,3)8-4(6)7/h1-5H,6-7H2,(H,10,11);1-3H3,(H2,6,7). The fourth-order valence-electron chi connectivity index (χ4n) is 1.20. The van der Waals surface area contributed by atoms with Crippen molar-refractivity contribution < 1.29 is 19.4 Å². The summed E-state index contributed by atoms with van der Waals surface area (Å²) in [5.74, 6) is -0.742. The van der Waals surface area contributed by atoms with Crippen LogP contribution in [-0.2, 0) is 16.0 Å². The van der Waals surface area contributed by atoms with Gasteiger partial charge in [-0.2, -0.15) is 0 Å². The first-order valence-electron chi connectivity index (χ1n) is 5.95. The zero-order chi connectivity index (χ0) is 14.9. The number of primary amides is 1. The van der Waals surface area contributed by atoms with Crippen LogP contribution in [0.25, 0.3) is 0 Å². The first-order valence-corrected chi connectivity index (χ1v) is 5.95. The Morgan fingerprint density at radius 2 is 1.74 bits per heavy atom. The molecule has 5 nitrogen and oxygen atoms in total. The van der Waals surface area contributed by atoms with Crippen molar-refractivity contribution in [3.05, 3.63) is 35.9 Å². The highest BCUT2D eigenvalue weighted by Gasteiger charge is 2.12. The van der Waals surface area contributed by atoms with Crippen molar-refractivity contribution in [3.63, 3.8) is 0 Å².